The molecule has 2 aliphatic heterocycles. The minimum absolute atomic E-state index is 0.0236. The highest BCUT2D eigenvalue weighted by molar-refractivity contribution is 7.25. The van der Waals surface area contributed by atoms with Crippen molar-refractivity contribution >= 4 is 104 Å². The fraction of sp³-hybridized carbons (Fsp3) is 0.222. The van der Waals surface area contributed by atoms with E-state index in [1.165, 1.54) is 97.8 Å². The van der Waals surface area contributed by atoms with E-state index >= 15 is 0 Å². The number of fused-ring (bicyclic) bond motifs is 15. The van der Waals surface area contributed by atoms with Crippen LogP contribution in [0, 0.1) is 0 Å². The largest absolute Gasteiger partial charge is 0.455 e. The molecule has 12 rings (SSSR count). The summed E-state index contributed by atoms with van der Waals surface area (Å²) in [5, 5.41) is 7.41. The maximum Gasteiger partial charge on any atom is 0.333 e. The first-order valence-corrected chi connectivity index (χ1v) is 21.9. The second kappa shape index (κ2) is 11.5. The lowest BCUT2D eigenvalue weighted by Gasteiger charge is -2.42. The van der Waals surface area contributed by atoms with Crippen LogP contribution in [0.3, 0.4) is 0 Å². The zero-order valence-corrected chi connectivity index (χ0v) is 36.2. The maximum absolute atomic E-state index is 6.81. The van der Waals surface area contributed by atoms with E-state index in [2.05, 4.69) is 193 Å². The van der Waals surface area contributed by atoms with Gasteiger partial charge in [-0.2, -0.15) is 0 Å². The van der Waals surface area contributed by atoms with Crippen LogP contribution in [0.25, 0.3) is 80.7 Å². The van der Waals surface area contributed by atoms with Gasteiger partial charge in [-0.15, -0.1) is 11.3 Å². The fourth-order valence-electron chi connectivity index (χ4n) is 10.3. The summed E-state index contributed by atoms with van der Waals surface area (Å²) in [6, 6.07) is 46.7. The molecule has 10 aromatic rings. The molecule has 288 valence electrons. The van der Waals surface area contributed by atoms with Crippen molar-refractivity contribution in [3.8, 4) is 16.8 Å². The summed E-state index contributed by atoms with van der Waals surface area (Å²) in [4.78, 5) is 2.68. The average Bonchev–Trinajstić information content (AvgIpc) is 3.87. The zero-order valence-electron chi connectivity index (χ0n) is 35.3. The molecule has 0 bridgehead atoms. The lowest BCUT2D eigenvalue weighted by molar-refractivity contribution is 0.590. The summed E-state index contributed by atoms with van der Waals surface area (Å²) < 4.78 is 12.1. The summed E-state index contributed by atoms with van der Waals surface area (Å²) in [5.41, 5.74) is 17.5. The van der Waals surface area contributed by atoms with Crippen LogP contribution >= 0.6 is 11.3 Å². The maximum atomic E-state index is 6.81. The van der Waals surface area contributed by atoms with E-state index in [1.54, 1.807) is 0 Å². The number of furan rings is 1. The highest BCUT2D eigenvalue weighted by Gasteiger charge is 2.45. The Labute approximate surface area is 350 Å². The summed E-state index contributed by atoms with van der Waals surface area (Å²) in [6.07, 6.45) is 0. The molecule has 0 saturated carbocycles. The van der Waals surface area contributed by atoms with Gasteiger partial charge in [0.25, 0.3) is 0 Å². The Morgan fingerprint density at radius 2 is 1.19 bits per heavy atom. The zero-order chi connectivity index (χ0) is 40.5. The van der Waals surface area contributed by atoms with Crippen LogP contribution in [-0.2, 0) is 16.2 Å². The van der Waals surface area contributed by atoms with Gasteiger partial charge >= 0.3 is 6.85 Å². The first-order chi connectivity index (χ1) is 28.1. The fourth-order valence-corrected chi connectivity index (χ4v) is 11.4. The van der Waals surface area contributed by atoms with E-state index in [0.29, 0.717) is 0 Å². The first kappa shape index (κ1) is 35.2. The molecule has 0 spiro atoms. The van der Waals surface area contributed by atoms with Crippen LogP contribution in [0.2, 0.25) is 0 Å². The molecule has 0 aliphatic carbocycles. The molecule has 0 fully saturated rings. The number of hydrogen-bond donors (Lipinski definition) is 0. The molecule has 7 aromatic carbocycles. The molecule has 0 atom stereocenters. The van der Waals surface area contributed by atoms with Gasteiger partial charge in [0.15, 0.2) is 0 Å². The molecule has 2 aliphatic rings. The summed E-state index contributed by atoms with van der Waals surface area (Å²) in [5.74, 6) is 0. The second-order valence-corrected chi connectivity index (χ2v) is 21.3. The van der Waals surface area contributed by atoms with Gasteiger partial charge in [-0.3, -0.25) is 0 Å². The molecule has 59 heavy (non-hydrogen) atoms. The van der Waals surface area contributed by atoms with Crippen LogP contribution < -0.4 is 15.7 Å². The summed E-state index contributed by atoms with van der Waals surface area (Å²) in [6.45, 7) is 20.8. The Kier molecular flexibility index (Phi) is 6.85. The first-order valence-electron chi connectivity index (χ1n) is 21.1. The monoisotopic (exact) mass is 782 g/mol. The standard InChI is InChI=1S/C54H47BN2OS/c1-52(2,3)30-14-18-33(19-15-30)57-44-29-47-40(35-20-16-32(54(7,8)9)27-46(35)59-47)28-39(44)36-21-22-38-48-43(25-23-37-34-12-10-11-13-45(34)58-51(37)48)56-42-24-17-31(53(4,5)6)26-41(42)55(57)49(36)50(38)56/h10-29H,1-9H3. The van der Waals surface area contributed by atoms with Crippen molar-refractivity contribution in [2.24, 2.45) is 0 Å². The number of rotatable bonds is 1. The Morgan fingerprint density at radius 3 is 1.95 bits per heavy atom. The number of aromatic nitrogens is 1. The molecular formula is C54H47BN2OS. The van der Waals surface area contributed by atoms with Gasteiger partial charge in [-0.1, -0.05) is 129 Å². The molecule has 0 unspecified atom stereocenters. The van der Waals surface area contributed by atoms with Gasteiger partial charge in [-0.25, -0.2) is 0 Å². The van der Waals surface area contributed by atoms with E-state index in [4.69, 9.17) is 4.42 Å². The van der Waals surface area contributed by atoms with Crippen molar-refractivity contribution in [2.75, 3.05) is 4.81 Å². The molecule has 0 radical (unpaired) electrons. The van der Waals surface area contributed by atoms with Gasteiger partial charge < -0.3 is 13.8 Å². The number of hydrogen-bond acceptors (Lipinski definition) is 3. The number of thiophene rings is 1. The van der Waals surface area contributed by atoms with E-state index in [1.807, 2.05) is 11.3 Å². The second-order valence-electron chi connectivity index (χ2n) is 20.2. The number of benzene rings is 7. The van der Waals surface area contributed by atoms with Crippen molar-refractivity contribution in [1.29, 1.82) is 0 Å². The Balaban J connectivity index is 1.24. The Morgan fingerprint density at radius 1 is 0.525 bits per heavy atom. The molecule has 0 N–H and O–H groups in total. The predicted octanol–water partition coefficient (Wildman–Crippen LogP) is 14.2. The molecule has 3 aromatic heterocycles. The Hall–Kier alpha value is -5.78. The molecule has 0 saturated heterocycles. The summed E-state index contributed by atoms with van der Waals surface area (Å²) >= 11 is 1.93. The van der Waals surface area contributed by atoms with Crippen LogP contribution in [0.4, 0.5) is 11.4 Å². The normalized spacial score (nSPS) is 14.1. The number of nitrogens with zero attached hydrogens (tertiary/aromatic N) is 2. The van der Waals surface area contributed by atoms with Gasteiger partial charge in [0.2, 0.25) is 0 Å². The van der Waals surface area contributed by atoms with Crippen LogP contribution in [0.1, 0.15) is 79.0 Å². The molecule has 0 amide bonds. The van der Waals surface area contributed by atoms with E-state index in [0.717, 1.165) is 21.9 Å². The number of para-hydroxylation sites is 1. The van der Waals surface area contributed by atoms with Crippen molar-refractivity contribution in [3.05, 3.63) is 138 Å². The lowest BCUT2D eigenvalue weighted by atomic mass is 9.43. The van der Waals surface area contributed by atoms with Crippen molar-refractivity contribution < 1.29 is 4.42 Å². The van der Waals surface area contributed by atoms with Crippen LogP contribution in [0.15, 0.2) is 126 Å². The van der Waals surface area contributed by atoms with Gasteiger partial charge in [0.05, 0.1) is 16.4 Å². The van der Waals surface area contributed by atoms with Gasteiger partial charge in [0.1, 0.15) is 11.2 Å². The highest BCUT2D eigenvalue weighted by Crippen LogP contribution is 2.50. The topological polar surface area (TPSA) is 21.3 Å². The van der Waals surface area contributed by atoms with E-state index < -0.39 is 0 Å². The molecular weight excluding hydrogens is 735 g/mol. The lowest BCUT2D eigenvalue weighted by Crippen LogP contribution is -2.60. The van der Waals surface area contributed by atoms with Crippen molar-refractivity contribution in [3.63, 3.8) is 0 Å². The van der Waals surface area contributed by atoms with Crippen LogP contribution in [-0.4, -0.2) is 11.4 Å². The smallest absolute Gasteiger partial charge is 0.333 e. The third-order valence-electron chi connectivity index (χ3n) is 13.5. The minimum atomic E-state index is -0.0544. The molecule has 5 heterocycles. The molecule has 3 nitrogen and oxygen atoms in total. The number of anilines is 2. The Bertz CT molecular complexity index is 3450. The summed E-state index contributed by atoms with van der Waals surface area (Å²) in [7, 11) is 0. The van der Waals surface area contributed by atoms with Gasteiger partial charge in [0, 0.05) is 59.0 Å². The van der Waals surface area contributed by atoms with Crippen LogP contribution in [0.5, 0.6) is 0 Å². The third kappa shape index (κ3) is 4.83. The third-order valence-corrected chi connectivity index (χ3v) is 14.6. The average molecular weight is 783 g/mol. The van der Waals surface area contributed by atoms with E-state index in [9.17, 15) is 0 Å². The van der Waals surface area contributed by atoms with Crippen molar-refractivity contribution in [1.82, 2.24) is 4.57 Å². The highest BCUT2D eigenvalue weighted by atomic mass is 32.1. The quantitative estimate of drug-likeness (QED) is 0.155. The van der Waals surface area contributed by atoms with E-state index in [-0.39, 0.29) is 23.1 Å². The predicted molar refractivity (Wildman–Crippen MR) is 256 cm³/mol. The minimum Gasteiger partial charge on any atom is -0.455 e. The molecule has 5 heteroatoms. The SMILES string of the molecule is CC(C)(C)c1ccc(N2B3c4cc(C(C)(C)C)ccc4-n4c5ccc6c7ccccc7oc6c5c5ccc(c3c54)-c3cc4c(cc32)sc2cc(C(C)(C)C)ccc24)cc1. The van der Waals surface area contributed by atoms with Crippen molar-refractivity contribution in [2.45, 2.75) is 78.6 Å². The van der Waals surface area contributed by atoms with Gasteiger partial charge in [-0.05, 0) is 104 Å².